The molecular weight excluding hydrogens is 230 g/mol. The Hall–Kier alpha value is -0.690. The fourth-order valence-corrected chi connectivity index (χ4v) is 1.90. The zero-order valence-corrected chi connectivity index (χ0v) is 11.4. The van der Waals surface area contributed by atoms with E-state index in [1.165, 1.54) is 0 Å². The molecule has 0 unspecified atom stereocenters. The van der Waals surface area contributed by atoms with Crippen LogP contribution in [0.4, 0.5) is 0 Å². The number of hydrogen-bond acceptors (Lipinski definition) is 5. The molecule has 1 heterocycles. The van der Waals surface area contributed by atoms with Crippen molar-refractivity contribution in [2.24, 2.45) is 5.73 Å². The highest BCUT2D eigenvalue weighted by molar-refractivity contribution is 5.81. The van der Waals surface area contributed by atoms with E-state index in [1.54, 1.807) is 0 Å². The van der Waals surface area contributed by atoms with Crippen molar-refractivity contribution in [3.05, 3.63) is 0 Å². The van der Waals surface area contributed by atoms with E-state index in [1.807, 2.05) is 11.8 Å². The van der Waals surface area contributed by atoms with Crippen LogP contribution in [0.5, 0.6) is 0 Å². The molecule has 18 heavy (non-hydrogen) atoms. The summed E-state index contributed by atoms with van der Waals surface area (Å²) in [5.41, 5.74) is 5.82. The molecule has 0 aromatic carbocycles. The number of nitrogens with one attached hydrogen (secondary N) is 3. The van der Waals surface area contributed by atoms with Crippen molar-refractivity contribution in [2.75, 3.05) is 52.4 Å². The van der Waals surface area contributed by atoms with Gasteiger partial charge in [0.2, 0.25) is 5.91 Å². The van der Waals surface area contributed by atoms with Crippen LogP contribution >= 0.6 is 0 Å². The third kappa shape index (κ3) is 5.77. The lowest BCUT2D eigenvalue weighted by atomic mass is 10.2. The molecule has 0 radical (unpaired) electrons. The lowest BCUT2D eigenvalue weighted by Gasteiger charge is -2.26. The van der Waals surface area contributed by atoms with Crippen LogP contribution in [0.3, 0.4) is 0 Å². The topological polar surface area (TPSA) is 82.4 Å². The maximum atomic E-state index is 12.1. The third-order valence-electron chi connectivity index (χ3n) is 3.14. The molecule has 1 atom stereocenters. The van der Waals surface area contributed by atoms with Gasteiger partial charge in [-0.2, -0.15) is 0 Å². The highest BCUT2D eigenvalue weighted by Crippen LogP contribution is 1.96. The van der Waals surface area contributed by atoms with Gasteiger partial charge in [-0.1, -0.05) is 6.92 Å². The van der Waals surface area contributed by atoms with Gasteiger partial charge in [-0.25, -0.2) is 0 Å². The largest absolute Gasteiger partial charge is 0.339 e. The fraction of sp³-hybridized carbons (Fsp3) is 0.917. The summed E-state index contributed by atoms with van der Waals surface area (Å²) in [4.78, 5) is 13.9. The van der Waals surface area contributed by atoms with Crippen molar-refractivity contribution in [3.8, 4) is 0 Å². The molecule has 0 spiro atoms. The van der Waals surface area contributed by atoms with Crippen LogP contribution in [0.2, 0.25) is 0 Å². The van der Waals surface area contributed by atoms with E-state index in [0.717, 1.165) is 52.4 Å². The van der Waals surface area contributed by atoms with Crippen molar-refractivity contribution < 1.29 is 4.79 Å². The zero-order chi connectivity index (χ0) is 13.2. The highest BCUT2D eigenvalue weighted by atomic mass is 16.2. The van der Waals surface area contributed by atoms with E-state index in [-0.39, 0.29) is 11.9 Å². The molecule has 0 bridgehead atoms. The Morgan fingerprint density at radius 3 is 1.94 bits per heavy atom. The quantitative estimate of drug-likeness (QED) is 0.476. The Balaban J connectivity index is 2.43. The van der Waals surface area contributed by atoms with E-state index in [0.29, 0.717) is 6.42 Å². The first kappa shape index (κ1) is 15.4. The second-order valence-corrected chi connectivity index (χ2v) is 4.59. The van der Waals surface area contributed by atoms with Gasteiger partial charge >= 0.3 is 0 Å². The second-order valence-electron chi connectivity index (χ2n) is 4.59. The molecule has 1 fully saturated rings. The Morgan fingerprint density at radius 2 is 1.50 bits per heavy atom. The monoisotopic (exact) mass is 257 g/mol. The first-order chi connectivity index (χ1) is 8.75. The molecule has 0 saturated carbocycles. The second kappa shape index (κ2) is 9.27. The minimum absolute atomic E-state index is 0.0660. The van der Waals surface area contributed by atoms with E-state index in [9.17, 15) is 4.79 Å². The minimum atomic E-state index is -0.362. The molecule has 1 saturated heterocycles. The van der Waals surface area contributed by atoms with Crippen LogP contribution in [0.25, 0.3) is 0 Å². The molecule has 0 aliphatic carbocycles. The lowest BCUT2D eigenvalue weighted by Crippen LogP contribution is -2.49. The van der Waals surface area contributed by atoms with Gasteiger partial charge in [-0.15, -0.1) is 0 Å². The molecule has 0 aromatic heterocycles. The van der Waals surface area contributed by atoms with Gasteiger partial charge in [0.05, 0.1) is 6.04 Å². The van der Waals surface area contributed by atoms with Crippen molar-refractivity contribution in [3.63, 3.8) is 0 Å². The Morgan fingerprint density at radius 1 is 1.06 bits per heavy atom. The van der Waals surface area contributed by atoms with Gasteiger partial charge < -0.3 is 26.6 Å². The summed E-state index contributed by atoms with van der Waals surface area (Å²) in [7, 11) is 0. The fourth-order valence-electron chi connectivity index (χ4n) is 1.90. The number of amides is 1. The lowest BCUT2D eigenvalue weighted by molar-refractivity contribution is -0.132. The van der Waals surface area contributed by atoms with Crippen LogP contribution in [-0.2, 0) is 4.79 Å². The van der Waals surface area contributed by atoms with E-state index in [2.05, 4.69) is 16.0 Å². The van der Waals surface area contributed by atoms with Crippen molar-refractivity contribution in [2.45, 2.75) is 19.4 Å². The van der Waals surface area contributed by atoms with Crippen LogP contribution in [0, 0.1) is 0 Å². The zero-order valence-electron chi connectivity index (χ0n) is 11.4. The van der Waals surface area contributed by atoms with Gasteiger partial charge in [0.15, 0.2) is 0 Å². The summed E-state index contributed by atoms with van der Waals surface area (Å²) in [5, 5.41) is 9.99. The number of rotatable bonds is 2. The Bertz CT molecular complexity index is 225. The molecular formula is C12H27N5O. The summed E-state index contributed by atoms with van der Waals surface area (Å²) < 4.78 is 0. The average Bonchev–Trinajstić information content (AvgIpc) is 2.37. The van der Waals surface area contributed by atoms with E-state index < -0.39 is 0 Å². The van der Waals surface area contributed by atoms with Crippen LogP contribution in [0.1, 0.15) is 13.3 Å². The van der Waals surface area contributed by atoms with Gasteiger partial charge in [0, 0.05) is 52.4 Å². The first-order valence-electron chi connectivity index (χ1n) is 6.92. The van der Waals surface area contributed by atoms with Crippen molar-refractivity contribution in [1.29, 1.82) is 0 Å². The van der Waals surface area contributed by atoms with E-state index >= 15 is 0 Å². The Kier molecular flexibility index (Phi) is 7.91. The summed E-state index contributed by atoms with van der Waals surface area (Å²) in [5.74, 6) is 0.0660. The third-order valence-corrected chi connectivity index (χ3v) is 3.14. The molecule has 1 amide bonds. The van der Waals surface area contributed by atoms with Crippen molar-refractivity contribution in [1.82, 2.24) is 20.9 Å². The smallest absolute Gasteiger partial charge is 0.239 e. The molecule has 1 aliphatic rings. The molecule has 1 rings (SSSR count). The predicted octanol–water partition coefficient (Wildman–Crippen LogP) is -1.67. The number of carbonyl (C=O) groups is 1. The summed E-state index contributed by atoms with van der Waals surface area (Å²) in [6, 6.07) is -0.362. The minimum Gasteiger partial charge on any atom is -0.339 e. The number of nitrogens with two attached hydrogens (primary N) is 1. The number of carbonyl (C=O) groups excluding carboxylic acids is 1. The molecule has 6 heteroatoms. The summed E-state index contributed by atoms with van der Waals surface area (Å²) >= 11 is 0. The van der Waals surface area contributed by atoms with Crippen LogP contribution in [-0.4, -0.2) is 69.2 Å². The maximum absolute atomic E-state index is 12.1. The van der Waals surface area contributed by atoms with Crippen LogP contribution in [0.15, 0.2) is 0 Å². The van der Waals surface area contributed by atoms with Crippen LogP contribution < -0.4 is 21.7 Å². The molecule has 0 aromatic rings. The molecule has 6 nitrogen and oxygen atoms in total. The number of nitrogens with zero attached hydrogens (tertiary/aromatic N) is 1. The number of hydrogen-bond donors (Lipinski definition) is 4. The summed E-state index contributed by atoms with van der Waals surface area (Å²) in [6.45, 7) is 8.84. The van der Waals surface area contributed by atoms with Gasteiger partial charge in [-0.3, -0.25) is 4.79 Å². The van der Waals surface area contributed by atoms with Gasteiger partial charge in [0.25, 0.3) is 0 Å². The molecule has 106 valence electrons. The normalized spacial score (nSPS) is 21.8. The van der Waals surface area contributed by atoms with E-state index in [4.69, 9.17) is 5.73 Å². The highest BCUT2D eigenvalue weighted by Gasteiger charge is 2.18. The maximum Gasteiger partial charge on any atom is 0.239 e. The average molecular weight is 257 g/mol. The molecule has 1 aliphatic heterocycles. The molecule has 5 N–H and O–H groups in total. The van der Waals surface area contributed by atoms with Crippen molar-refractivity contribution >= 4 is 5.91 Å². The Labute approximate surface area is 110 Å². The predicted molar refractivity (Wildman–Crippen MR) is 73.5 cm³/mol. The summed E-state index contributed by atoms with van der Waals surface area (Å²) in [6.07, 6.45) is 0.695. The first-order valence-corrected chi connectivity index (χ1v) is 6.92. The SMILES string of the molecule is CC[C@H](N)C(=O)N1CCNCCNCCNCC1. The standard InChI is InChI=1S/C12H27N5O/c1-2-11(13)12(18)17-9-7-15-5-3-14-4-6-16-8-10-17/h11,14-16H,2-10,13H2,1H3/t11-/m0/s1. The van der Waals surface area contributed by atoms with Gasteiger partial charge in [-0.05, 0) is 6.42 Å². The van der Waals surface area contributed by atoms with Gasteiger partial charge in [0.1, 0.15) is 0 Å².